The number of amides is 1. The predicted octanol–water partition coefficient (Wildman–Crippen LogP) is 1.59. The first-order valence-corrected chi connectivity index (χ1v) is 9.44. The summed E-state index contributed by atoms with van der Waals surface area (Å²) in [4.78, 5) is 14.1. The highest BCUT2D eigenvalue weighted by atomic mass is 79.9. The fourth-order valence-electron chi connectivity index (χ4n) is 2.74. The lowest BCUT2D eigenvalue weighted by molar-refractivity contribution is -0.132. The zero-order valence-corrected chi connectivity index (χ0v) is 12.9. The summed E-state index contributed by atoms with van der Waals surface area (Å²) in [5.74, 6) is 0.654. The van der Waals surface area contributed by atoms with Crippen molar-refractivity contribution in [2.75, 3.05) is 24.2 Å². The van der Waals surface area contributed by atoms with Crippen molar-refractivity contribution in [1.82, 2.24) is 4.90 Å². The van der Waals surface area contributed by atoms with E-state index in [1.165, 1.54) is 0 Å². The number of nitrogens with zero attached hydrogens (tertiary/aromatic N) is 1. The lowest BCUT2D eigenvalue weighted by Gasteiger charge is -2.34. The molecule has 0 N–H and O–H groups in total. The number of carbonyl (C=O) groups excluding carboxylic acids is 1. The minimum atomic E-state index is -3.19. The highest BCUT2D eigenvalue weighted by Gasteiger charge is 2.38. The van der Waals surface area contributed by atoms with Gasteiger partial charge in [-0.1, -0.05) is 22.4 Å². The Kier molecular flexibility index (Phi) is 4.69. The van der Waals surface area contributed by atoms with E-state index in [0.29, 0.717) is 31.8 Å². The molecule has 0 spiro atoms. The zero-order valence-electron chi connectivity index (χ0n) is 10.5. The molecule has 0 aromatic heterocycles. The van der Waals surface area contributed by atoms with E-state index in [2.05, 4.69) is 15.9 Å². The molecule has 0 aromatic carbocycles. The van der Waals surface area contributed by atoms with Gasteiger partial charge in [-0.15, -0.1) is 0 Å². The van der Waals surface area contributed by atoms with Crippen LogP contribution in [0.3, 0.4) is 0 Å². The zero-order chi connectivity index (χ0) is 13.2. The molecule has 2 saturated heterocycles. The summed E-state index contributed by atoms with van der Waals surface area (Å²) in [6.07, 6.45) is 4.03. The van der Waals surface area contributed by atoms with E-state index in [9.17, 15) is 13.2 Å². The number of hydrogen-bond donors (Lipinski definition) is 0. The SMILES string of the molecule is O=C(C1CCCCS1(=O)=O)N1CCC(CBr)CC1. The average Bonchev–Trinajstić information content (AvgIpc) is 2.37. The Labute approximate surface area is 117 Å². The van der Waals surface area contributed by atoms with Crippen LogP contribution in [0.5, 0.6) is 0 Å². The van der Waals surface area contributed by atoms with Gasteiger partial charge in [0.25, 0.3) is 0 Å². The standard InChI is InChI=1S/C12H20BrNO3S/c13-9-10-4-6-14(7-5-10)12(15)11-3-1-2-8-18(11,16)17/h10-11H,1-9H2. The van der Waals surface area contributed by atoms with Gasteiger partial charge < -0.3 is 4.90 Å². The van der Waals surface area contributed by atoms with Gasteiger partial charge in [-0.25, -0.2) is 8.42 Å². The summed E-state index contributed by atoms with van der Waals surface area (Å²) in [5.41, 5.74) is 0. The molecule has 0 bridgehead atoms. The maximum absolute atomic E-state index is 12.3. The highest BCUT2D eigenvalue weighted by molar-refractivity contribution is 9.09. The molecule has 0 aromatic rings. The lowest BCUT2D eigenvalue weighted by Crippen LogP contribution is -2.48. The third-order valence-electron chi connectivity index (χ3n) is 4.00. The summed E-state index contributed by atoms with van der Waals surface area (Å²) in [5, 5.41) is 0.211. The highest BCUT2D eigenvalue weighted by Crippen LogP contribution is 2.25. The second-order valence-corrected chi connectivity index (χ2v) is 8.22. The van der Waals surface area contributed by atoms with Crippen LogP contribution in [0.2, 0.25) is 0 Å². The molecule has 0 saturated carbocycles. The smallest absolute Gasteiger partial charge is 0.240 e. The van der Waals surface area contributed by atoms with E-state index < -0.39 is 15.1 Å². The third-order valence-corrected chi connectivity index (χ3v) is 7.08. The number of piperidine rings is 1. The lowest BCUT2D eigenvalue weighted by atomic mass is 9.98. The Morgan fingerprint density at radius 1 is 1.17 bits per heavy atom. The molecule has 4 nitrogen and oxygen atoms in total. The van der Waals surface area contributed by atoms with Gasteiger partial charge in [-0.05, 0) is 31.6 Å². The van der Waals surface area contributed by atoms with E-state index in [1.807, 2.05) is 0 Å². The topological polar surface area (TPSA) is 54.5 Å². The number of halogens is 1. The Bertz CT molecular complexity index is 402. The monoisotopic (exact) mass is 337 g/mol. The van der Waals surface area contributed by atoms with Crippen LogP contribution in [0.25, 0.3) is 0 Å². The van der Waals surface area contributed by atoms with Crippen LogP contribution >= 0.6 is 15.9 Å². The first-order chi connectivity index (χ1) is 8.54. The van der Waals surface area contributed by atoms with Crippen molar-refractivity contribution in [3.63, 3.8) is 0 Å². The molecule has 1 amide bonds. The van der Waals surface area contributed by atoms with E-state index in [0.717, 1.165) is 24.6 Å². The summed E-state index contributed by atoms with van der Waals surface area (Å²) in [7, 11) is -3.19. The van der Waals surface area contributed by atoms with Crippen LogP contribution < -0.4 is 0 Å². The Balaban J connectivity index is 1.99. The average molecular weight is 338 g/mol. The van der Waals surface area contributed by atoms with E-state index in [4.69, 9.17) is 0 Å². The first-order valence-electron chi connectivity index (χ1n) is 6.61. The molecular formula is C12H20BrNO3S. The van der Waals surface area contributed by atoms with Crippen molar-refractivity contribution in [3.8, 4) is 0 Å². The van der Waals surface area contributed by atoms with Crippen LogP contribution in [0, 0.1) is 5.92 Å². The Morgan fingerprint density at radius 2 is 1.83 bits per heavy atom. The van der Waals surface area contributed by atoms with Gasteiger partial charge in [-0.2, -0.15) is 0 Å². The number of hydrogen-bond acceptors (Lipinski definition) is 3. The van der Waals surface area contributed by atoms with Gasteiger partial charge in [-0.3, -0.25) is 4.79 Å². The maximum Gasteiger partial charge on any atom is 0.240 e. The van der Waals surface area contributed by atoms with Crippen molar-refractivity contribution >= 4 is 31.7 Å². The van der Waals surface area contributed by atoms with Crippen LogP contribution in [0.15, 0.2) is 0 Å². The van der Waals surface area contributed by atoms with Crippen molar-refractivity contribution < 1.29 is 13.2 Å². The second-order valence-electron chi connectivity index (χ2n) is 5.27. The van der Waals surface area contributed by atoms with Crippen molar-refractivity contribution in [2.45, 2.75) is 37.4 Å². The molecule has 6 heteroatoms. The maximum atomic E-state index is 12.3. The molecule has 1 unspecified atom stereocenters. The van der Waals surface area contributed by atoms with E-state index in [1.54, 1.807) is 4.90 Å². The van der Waals surface area contributed by atoms with Gasteiger partial charge in [0, 0.05) is 18.4 Å². The quantitative estimate of drug-likeness (QED) is 0.719. The van der Waals surface area contributed by atoms with Gasteiger partial charge in [0.2, 0.25) is 5.91 Å². The molecular weight excluding hydrogens is 318 g/mol. The van der Waals surface area contributed by atoms with Gasteiger partial charge in [0.15, 0.2) is 9.84 Å². The van der Waals surface area contributed by atoms with Crippen LogP contribution in [-0.2, 0) is 14.6 Å². The fourth-order valence-corrected chi connectivity index (χ4v) is 5.26. The van der Waals surface area contributed by atoms with Gasteiger partial charge >= 0.3 is 0 Å². The largest absolute Gasteiger partial charge is 0.342 e. The van der Waals surface area contributed by atoms with Gasteiger partial charge in [0.1, 0.15) is 5.25 Å². The predicted molar refractivity (Wildman–Crippen MR) is 74.5 cm³/mol. The normalized spacial score (nSPS) is 29.2. The van der Waals surface area contributed by atoms with Gasteiger partial charge in [0.05, 0.1) is 5.75 Å². The fraction of sp³-hybridized carbons (Fsp3) is 0.917. The number of sulfone groups is 1. The molecule has 2 aliphatic rings. The van der Waals surface area contributed by atoms with E-state index >= 15 is 0 Å². The first kappa shape index (κ1) is 14.3. The molecule has 2 fully saturated rings. The molecule has 104 valence electrons. The minimum Gasteiger partial charge on any atom is -0.342 e. The molecule has 1 atom stereocenters. The molecule has 2 rings (SSSR count). The molecule has 2 heterocycles. The second kappa shape index (κ2) is 5.90. The summed E-state index contributed by atoms with van der Waals surface area (Å²) in [6.45, 7) is 1.42. The Morgan fingerprint density at radius 3 is 2.39 bits per heavy atom. The molecule has 0 radical (unpaired) electrons. The van der Waals surface area contributed by atoms with E-state index in [-0.39, 0.29) is 11.7 Å². The van der Waals surface area contributed by atoms with Crippen molar-refractivity contribution in [1.29, 1.82) is 0 Å². The molecule has 18 heavy (non-hydrogen) atoms. The summed E-state index contributed by atoms with van der Waals surface area (Å²) in [6, 6.07) is 0. The number of likely N-dealkylation sites (tertiary alicyclic amines) is 1. The van der Waals surface area contributed by atoms with Crippen molar-refractivity contribution in [2.24, 2.45) is 5.92 Å². The van der Waals surface area contributed by atoms with Crippen molar-refractivity contribution in [3.05, 3.63) is 0 Å². The van der Waals surface area contributed by atoms with Crippen LogP contribution in [-0.4, -0.2) is 48.6 Å². The van der Waals surface area contributed by atoms with Crippen LogP contribution in [0.4, 0.5) is 0 Å². The number of carbonyl (C=O) groups is 1. The van der Waals surface area contributed by atoms with Crippen LogP contribution in [0.1, 0.15) is 32.1 Å². The molecule has 0 aliphatic carbocycles. The minimum absolute atomic E-state index is 0.150. The summed E-state index contributed by atoms with van der Waals surface area (Å²) >= 11 is 3.46. The number of rotatable bonds is 2. The number of alkyl halides is 1. The summed E-state index contributed by atoms with van der Waals surface area (Å²) < 4.78 is 23.9. The Hall–Kier alpha value is -0.100. The third kappa shape index (κ3) is 3.07. The molecule has 2 aliphatic heterocycles.